The van der Waals surface area contributed by atoms with Gasteiger partial charge in [0.05, 0.1) is 35.8 Å². The Bertz CT molecular complexity index is 1660. The summed E-state index contributed by atoms with van der Waals surface area (Å²) in [6.07, 6.45) is 5.18. The number of benzene rings is 2. The number of carbonyl (C=O) groups is 2. The summed E-state index contributed by atoms with van der Waals surface area (Å²) in [5.74, 6) is -1.46. The first-order valence-electron chi connectivity index (χ1n) is 12.1. The number of hydrogen-bond acceptors (Lipinski definition) is 5. The molecule has 3 heterocycles. The third kappa shape index (κ3) is 5.67. The molecule has 2 aromatic carbocycles. The van der Waals surface area contributed by atoms with Gasteiger partial charge in [0.2, 0.25) is 0 Å². The number of amides is 1. The highest BCUT2D eigenvalue weighted by Crippen LogP contribution is 2.24. The Morgan fingerprint density at radius 3 is 2.50 bits per heavy atom. The van der Waals surface area contributed by atoms with Crippen LogP contribution in [0.3, 0.4) is 0 Å². The summed E-state index contributed by atoms with van der Waals surface area (Å²) in [5.41, 5.74) is 4.39. The molecule has 3 aromatic heterocycles. The molecule has 1 unspecified atom stereocenters. The first kappa shape index (κ1) is 24.6. The number of pyridine rings is 2. The van der Waals surface area contributed by atoms with Gasteiger partial charge in [-0.25, -0.2) is 0 Å². The molecule has 0 saturated heterocycles. The van der Waals surface area contributed by atoms with Gasteiger partial charge in [-0.05, 0) is 41.3 Å². The van der Waals surface area contributed by atoms with Gasteiger partial charge in [0.25, 0.3) is 11.5 Å². The number of H-pyrrole nitrogens is 1. The maximum Gasteiger partial charge on any atom is 0.305 e. The molecule has 0 aliphatic heterocycles. The van der Waals surface area contributed by atoms with E-state index in [0.717, 1.165) is 22.1 Å². The number of fused-ring (bicyclic) bond motifs is 1. The van der Waals surface area contributed by atoms with Crippen LogP contribution in [0.5, 0.6) is 0 Å². The van der Waals surface area contributed by atoms with Gasteiger partial charge < -0.3 is 15.0 Å². The lowest BCUT2D eigenvalue weighted by atomic mass is 10.0. The number of nitrogens with one attached hydrogen (secondary N) is 2. The first-order chi connectivity index (χ1) is 18.5. The van der Waals surface area contributed by atoms with Gasteiger partial charge in [-0.3, -0.25) is 24.5 Å². The summed E-state index contributed by atoms with van der Waals surface area (Å²) < 4.78 is 1.64. The summed E-state index contributed by atoms with van der Waals surface area (Å²) in [4.78, 5) is 40.8. The molecule has 5 rings (SSSR count). The molecule has 5 aromatic rings. The number of nitrogens with zero attached hydrogens (tertiary/aromatic N) is 3. The van der Waals surface area contributed by atoms with Gasteiger partial charge in [0.15, 0.2) is 0 Å². The van der Waals surface area contributed by atoms with E-state index in [1.807, 2.05) is 54.6 Å². The van der Waals surface area contributed by atoms with Crippen molar-refractivity contribution >= 4 is 22.8 Å². The van der Waals surface area contributed by atoms with E-state index < -0.39 is 17.9 Å². The Balaban J connectivity index is 1.29. The summed E-state index contributed by atoms with van der Waals surface area (Å²) in [6.45, 7) is 0.486. The van der Waals surface area contributed by atoms with E-state index in [4.69, 9.17) is 0 Å². The Morgan fingerprint density at radius 1 is 0.947 bits per heavy atom. The molecule has 1 amide bonds. The Hall–Kier alpha value is -5.05. The molecule has 0 saturated carbocycles. The lowest BCUT2D eigenvalue weighted by Gasteiger charge is -2.16. The fourth-order valence-corrected chi connectivity index (χ4v) is 4.38. The zero-order valence-electron chi connectivity index (χ0n) is 20.4. The van der Waals surface area contributed by atoms with Crippen LogP contribution in [0.25, 0.3) is 10.9 Å². The predicted octanol–water partition coefficient (Wildman–Crippen LogP) is 3.70. The maximum absolute atomic E-state index is 13.1. The van der Waals surface area contributed by atoms with E-state index >= 15 is 0 Å². The van der Waals surface area contributed by atoms with E-state index in [1.54, 1.807) is 29.1 Å². The maximum atomic E-state index is 13.1. The molecule has 9 heteroatoms. The van der Waals surface area contributed by atoms with Crippen LogP contribution in [0.15, 0.2) is 96.2 Å². The molecular weight excluding hydrogens is 482 g/mol. The minimum atomic E-state index is -1.04. The normalized spacial score (nSPS) is 11.8. The molecule has 0 spiro atoms. The number of rotatable bonds is 9. The summed E-state index contributed by atoms with van der Waals surface area (Å²) in [6, 6.07) is 21.3. The molecule has 0 bridgehead atoms. The van der Waals surface area contributed by atoms with Crippen LogP contribution in [0.4, 0.5) is 0 Å². The number of aliphatic carboxylic acids is 1. The molecule has 190 valence electrons. The van der Waals surface area contributed by atoms with Crippen LogP contribution >= 0.6 is 0 Å². The van der Waals surface area contributed by atoms with Crippen molar-refractivity contribution in [3.05, 3.63) is 130 Å². The van der Waals surface area contributed by atoms with Gasteiger partial charge in [-0.15, -0.1) is 0 Å². The van der Waals surface area contributed by atoms with E-state index in [0.29, 0.717) is 29.7 Å². The fourth-order valence-electron chi connectivity index (χ4n) is 4.38. The highest BCUT2D eigenvalue weighted by atomic mass is 16.4. The summed E-state index contributed by atoms with van der Waals surface area (Å²) in [5, 5.41) is 20.1. The number of aromatic nitrogens is 4. The third-order valence-corrected chi connectivity index (χ3v) is 6.26. The topological polar surface area (TPSA) is 130 Å². The van der Waals surface area contributed by atoms with Gasteiger partial charge in [-0.2, -0.15) is 5.10 Å². The molecule has 9 nitrogen and oxygen atoms in total. The van der Waals surface area contributed by atoms with E-state index in [1.165, 1.54) is 12.3 Å². The minimum Gasteiger partial charge on any atom is -0.481 e. The zero-order valence-corrected chi connectivity index (χ0v) is 20.4. The fraction of sp³-hybridized carbons (Fsp3) is 0.138. The third-order valence-electron chi connectivity index (χ3n) is 6.26. The summed E-state index contributed by atoms with van der Waals surface area (Å²) >= 11 is 0. The van der Waals surface area contributed by atoms with Crippen LogP contribution in [0, 0.1) is 0 Å². The van der Waals surface area contributed by atoms with Crippen molar-refractivity contribution in [3.63, 3.8) is 0 Å². The van der Waals surface area contributed by atoms with Crippen molar-refractivity contribution in [2.45, 2.75) is 25.4 Å². The number of aromatic amines is 1. The van der Waals surface area contributed by atoms with Gasteiger partial charge in [0, 0.05) is 30.0 Å². The highest BCUT2D eigenvalue weighted by molar-refractivity contribution is 5.95. The minimum absolute atomic E-state index is 0.0518. The molecular formula is C29H25N5O4. The average molecular weight is 508 g/mol. The van der Waals surface area contributed by atoms with Crippen molar-refractivity contribution in [3.8, 4) is 0 Å². The van der Waals surface area contributed by atoms with Crippen LogP contribution in [0.2, 0.25) is 0 Å². The number of carbonyl (C=O) groups excluding carboxylic acids is 1. The first-order valence-corrected chi connectivity index (χ1v) is 12.1. The van der Waals surface area contributed by atoms with Crippen molar-refractivity contribution < 1.29 is 14.7 Å². The van der Waals surface area contributed by atoms with Crippen LogP contribution in [-0.4, -0.2) is 36.7 Å². The monoisotopic (exact) mass is 507 g/mol. The number of carboxylic acid groups (broad SMARTS) is 1. The zero-order chi connectivity index (χ0) is 26.5. The molecule has 0 radical (unpaired) electrons. The Kier molecular flexibility index (Phi) is 7.08. The van der Waals surface area contributed by atoms with Gasteiger partial charge in [-0.1, -0.05) is 48.5 Å². The Labute approximate surface area is 217 Å². The average Bonchev–Trinajstić information content (AvgIpc) is 3.35. The van der Waals surface area contributed by atoms with Crippen LogP contribution < -0.4 is 10.9 Å². The molecule has 0 aliphatic carbocycles. The van der Waals surface area contributed by atoms with Gasteiger partial charge in [0.1, 0.15) is 0 Å². The van der Waals surface area contributed by atoms with Crippen LogP contribution in [-0.2, 0) is 17.8 Å². The Morgan fingerprint density at radius 2 is 1.71 bits per heavy atom. The lowest BCUT2D eigenvalue weighted by Crippen LogP contribution is -2.30. The van der Waals surface area contributed by atoms with Crippen molar-refractivity contribution in [1.29, 1.82) is 0 Å². The lowest BCUT2D eigenvalue weighted by molar-refractivity contribution is -0.137. The molecule has 0 fully saturated rings. The highest BCUT2D eigenvalue weighted by Gasteiger charge is 2.23. The number of para-hydroxylation sites is 1. The largest absolute Gasteiger partial charge is 0.481 e. The molecule has 3 N–H and O–H groups in total. The predicted molar refractivity (Wildman–Crippen MR) is 142 cm³/mol. The van der Waals surface area contributed by atoms with Crippen molar-refractivity contribution in [2.75, 3.05) is 0 Å². The second-order valence-electron chi connectivity index (χ2n) is 9.02. The van der Waals surface area contributed by atoms with Crippen molar-refractivity contribution in [2.24, 2.45) is 0 Å². The van der Waals surface area contributed by atoms with Crippen LogP contribution in [0.1, 0.15) is 45.2 Å². The SMILES string of the molecule is O=C(O)CC(NC(=O)c1cncc(Cc2ccc(Cn3ccccc3=O)cc2)c1)c1[nH]nc2ccccc12. The second-order valence-corrected chi connectivity index (χ2v) is 9.02. The summed E-state index contributed by atoms with van der Waals surface area (Å²) in [7, 11) is 0. The molecule has 0 aliphatic rings. The second kappa shape index (κ2) is 10.9. The standard InChI is InChI=1S/C29H25N5O4/c35-26-7-3-4-12-34(26)18-20-10-8-19(9-11-20)13-21-14-22(17-30-16-21)29(38)31-25(15-27(36)37)28-23-5-1-2-6-24(23)32-33-28/h1-12,14,16-17,25H,13,15,18H2,(H,31,38)(H,32,33)(H,36,37). The van der Waals surface area contributed by atoms with E-state index in [9.17, 15) is 19.5 Å². The number of carboxylic acids is 1. The number of hydrogen-bond donors (Lipinski definition) is 3. The quantitative estimate of drug-likeness (QED) is 0.279. The van der Waals surface area contributed by atoms with E-state index in [2.05, 4.69) is 20.5 Å². The smallest absolute Gasteiger partial charge is 0.305 e. The van der Waals surface area contributed by atoms with Gasteiger partial charge >= 0.3 is 5.97 Å². The van der Waals surface area contributed by atoms with Crippen molar-refractivity contribution in [1.82, 2.24) is 25.1 Å². The molecule has 38 heavy (non-hydrogen) atoms. The van der Waals surface area contributed by atoms with E-state index in [-0.39, 0.29) is 12.0 Å². The molecule has 1 atom stereocenters.